The molecule has 0 saturated carbocycles. The number of para-hydroxylation sites is 2. The molecule has 2 aromatic carbocycles. The Morgan fingerprint density at radius 3 is 2.43 bits per heavy atom. The highest BCUT2D eigenvalue weighted by atomic mass is 16.5. The Morgan fingerprint density at radius 1 is 1.07 bits per heavy atom. The molecule has 0 aliphatic carbocycles. The molecule has 6 heteroatoms. The summed E-state index contributed by atoms with van der Waals surface area (Å²) in [5.41, 5.74) is 4.27. The van der Waals surface area contributed by atoms with Gasteiger partial charge in [0.1, 0.15) is 0 Å². The number of benzene rings is 2. The fraction of sp³-hybridized carbons (Fsp3) is 0.227. The van der Waals surface area contributed by atoms with E-state index in [0.29, 0.717) is 5.56 Å². The van der Waals surface area contributed by atoms with Crippen molar-refractivity contribution in [1.29, 1.82) is 0 Å². The zero-order valence-electron chi connectivity index (χ0n) is 15.5. The van der Waals surface area contributed by atoms with Gasteiger partial charge in [0.05, 0.1) is 25.0 Å². The molecule has 144 valence electrons. The Kier molecular flexibility index (Phi) is 4.90. The molecule has 0 aliphatic rings. The van der Waals surface area contributed by atoms with E-state index in [0.717, 1.165) is 33.1 Å². The second-order valence-electron chi connectivity index (χ2n) is 6.86. The SMILES string of the molecule is CO[C@H](CO)[C@@H](c1[nH]c2ccccc2c1CC(=O)O)c1c[nH]c2ccccc12. The zero-order chi connectivity index (χ0) is 19.7. The molecule has 0 amide bonds. The van der Waals surface area contributed by atoms with Crippen molar-refractivity contribution < 1.29 is 19.7 Å². The molecule has 0 aliphatic heterocycles. The van der Waals surface area contributed by atoms with E-state index in [2.05, 4.69) is 9.97 Å². The number of carboxylic acids is 1. The number of hydrogen-bond donors (Lipinski definition) is 4. The molecular weight excluding hydrogens is 356 g/mol. The lowest BCUT2D eigenvalue weighted by atomic mass is 9.87. The van der Waals surface area contributed by atoms with Gasteiger partial charge in [-0.3, -0.25) is 4.79 Å². The van der Waals surface area contributed by atoms with Gasteiger partial charge in [-0.2, -0.15) is 0 Å². The molecule has 0 spiro atoms. The number of methoxy groups -OCH3 is 1. The number of aliphatic hydroxyl groups excluding tert-OH is 1. The minimum absolute atomic E-state index is 0.111. The van der Waals surface area contributed by atoms with Crippen LogP contribution in [0.4, 0.5) is 0 Å². The number of ether oxygens (including phenoxy) is 1. The number of nitrogens with one attached hydrogen (secondary N) is 2. The number of aromatic nitrogens is 2. The molecule has 0 saturated heterocycles. The molecular formula is C22H22N2O4. The lowest BCUT2D eigenvalue weighted by Gasteiger charge is -2.25. The molecule has 2 aromatic heterocycles. The van der Waals surface area contributed by atoms with Crippen molar-refractivity contribution >= 4 is 27.8 Å². The first-order valence-corrected chi connectivity index (χ1v) is 9.15. The molecule has 0 radical (unpaired) electrons. The summed E-state index contributed by atoms with van der Waals surface area (Å²) in [4.78, 5) is 18.3. The fourth-order valence-corrected chi connectivity index (χ4v) is 4.04. The topological polar surface area (TPSA) is 98.3 Å². The van der Waals surface area contributed by atoms with Gasteiger partial charge in [0, 0.05) is 40.8 Å². The van der Waals surface area contributed by atoms with Crippen LogP contribution in [0, 0.1) is 0 Å². The predicted molar refractivity (Wildman–Crippen MR) is 108 cm³/mol. The Balaban J connectivity index is 1.99. The second-order valence-corrected chi connectivity index (χ2v) is 6.86. The largest absolute Gasteiger partial charge is 0.481 e. The number of aliphatic carboxylic acids is 1. The third kappa shape index (κ3) is 3.06. The summed E-state index contributed by atoms with van der Waals surface area (Å²) in [6.07, 6.45) is 1.27. The number of H-pyrrole nitrogens is 2. The van der Waals surface area contributed by atoms with Crippen molar-refractivity contribution in [3.05, 3.63) is 71.5 Å². The highest BCUT2D eigenvalue weighted by molar-refractivity contribution is 5.90. The summed E-state index contributed by atoms with van der Waals surface area (Å²) >= 11 is 0. The molecule has 0 fully saturated rings. The molecule has 6 nitrogen and oxygen atoms in total. The van der Waals surface area contributed by atoms with Gasteiger partial charge in [-0.25, -0.2) is 0 Å². The first kappa shape index (κ1) is 18.3. The van der Waals surface area contributed by atoms with E-state index in [1.807, 2.05) is 54.7 Å². The number of aliphatic hydroxyl groups is 1. The zero-order valence-corrected chi connectivity index (χ0v) is 15.5. The van der Waals surface area contributed by atoms with Gasteiger partial charge in [-0.1, -0.05) is 36.4 Å². The van der Waals surface area contributed by atoms with Crippen molar-refractivity contribution in [2.24, 2.45) is 0 Å². The van der Waals surface area contributed by atoms with Gasteiger partial charge >= 0.3 is 5.97 Å². The third-order valence-corrected chi connectivity index (χ3v) is 5.30. The van der Waals surface area contributed by atoms with Crippen LogP contribution in [-0.4, -0.2) is 46.0 Å². The van der Waals surface area contributed by atoms with Gasteiger partial charge in [0.25, 0.3) is 0 Å². The quantitative estimate of drug-likeness (QED) is 0.396. The maximum atomic E-state index is 11.6. The Labute approximate surface area is 161 Å². The number of aromatic amines is 2. The lowest BCUT2D eigenvalue weighted by molar-refractivity contribution is -0.136. The number of carbonyl (C=O) groups is 1. The maximum Gasteiger partial charge on any atom is 0.307 e. The highest BCUT2D eigenvalue weighted by Crippen LogP contribution is 2.38. The summed E-state index contributed by atoms with van der Waals surface area (Å²) in [6.45, 7) is -0.192. The molecule has 2 atom stereocenters. The van der Waals surface area contributed by atoms with Gasteiger partial charge in [0.2, 0.25) is 0 Å². The summed E-state index contributed by atoms with van der Waals surface area (Å²) in [5, 5.41) is 21.4. The van der Waals surface area contributed by atoms with E-state index in [9.17, 15) is 15.0 Å². The molecule has 4 aromatic rings. The smallest absolute Gasteiger partial charge is 0.307 e. The van der Waals surface area contributed by atoms with E-state index in [1.165, 1.54) is 0 Å². The first-order valence-electron chi connectivity index (χ1n) is 9.15. The summed E-state index contributed by atoms with van der Waals surface area (Å²) < 4.78 is 5.61. The predicted octanol–water partition coefficient (Wildman–Crippen LogP) is 3.42. The van der Waals surface area contributed by atoms with Gasteiger partial charge in [-0.05, 0) is 23.3 Å². The number of hydrogen-bond acceptors (Lipinski definition) is 3. The van der Waals surface area contributed by atoms with E-state index in [-0.39, 0.29) is 18.9 Å². The second kappa shape index (κ2) is 7.50. The van der Waals surface area contributed by atoms with Crippen LogP contribution in [0.25, 0.3) is 21.8 Å². The maximum absolute atomic E-state index is 11.6. The van der Waals surface area contributed by atoms with Gasteiger partial charge in [-0.15, -0.1) is 0 Å². The van der Waals surface area contributed by atoms with Crippen LogP contribution in [0.5, 0.6) is 0 Å². The monoisotopic (exact) mass is 378 g/mol. The summed E-state index contributed by atoms with van der Waals surface area (Å²) in [7, 11) is 1.56. The van der Waals surface area contributed by atoms with Crippen LogP contribution in [0.15, 0.2) is 54.7 Å². The number of carboxylic acid groups (broad SMARTS) is 1. The summed E-state index contributed by atoms with van der Waals surface area (Å²) in [5.74, 6) is -1.26. The third-order valence-electron chi connectivity index (χ3n) is 5.30. The van der Waals surface area contributed by atoms with Crippen LogP contribution in [0.2, 0.25) is 0 Å². The van der Waals surface area contributed by atoms with Crippen molar-refractivity contribution in [3.8, 4) is 0 Å². The van der Waals surface area contributed by atoms with E-state index >= 15 is 0 Å². The highest BCUT2D eigenvalue weighted by Gasteiger charge is 2.31. The van der Waals surface area contributed by atoms with Crippen molar-refractivity contribution in [1.82, 2.24) is 9.97 Å². The molecule has 4 N–H and O–H groups in total. The molecule has 28 heavy (non-hydrogen) atoms. The van der Waals surface area contributed by atoms with Crippen LogP contribution >= 0.6 is 0 Å². The molecule has 0 bridgehead atoms. The van der Waals surface area contributed by atoms with E-state index < -0.39 is 12.1 Å². The van der Waals surface area contributed by atoms with Crippen molar-refractivity contribution in [2.45, 2.75) is 18.4 Å². The Bertz CT molecular complexity index is 1120. The Morgan fingerprint density at radius 2 is 1.75 bits per heavy atom. The summed E-state index contributed by atoms with van der Waals surface area (Å²) in [6, 6.07) is 15.6. The lowest BCUT2D eigenvalue weighted by Crippen LogP contribution is -2.27. The van der Waals surface area contributed by atoms with E-state index in [4.69, 9.17) is 4.74 Å². The number of fused-ring (bicyclic) bond motifs is 2. The standard InChI is InChI=1S/C22H22N2O4/c1-28-19(12-25)21(16-11-23-17-8-4-2-7-14(16)17)22-15(10-20(26)27)13-6-3-5-9-18(13)24-22/h2-9,11,19,21,23-25H,10,12H2,1H3,(H,26,27)/t19-,21+/m1/s1. The molecule has 0 unspecified atom stereocenters. The van der Waals surface area contributed by atoms with Gasteiger partial charge in [0.15, 0.2) is 0 Å². The van der Waals surface area contributed by atoms with Crippen molar-refractivity contribution in [3.63, 3.8) is 0 Å². The van der Waals surface area contributed by atoms with E-state index in [1.54, 1.807) is 7.11 Å². The van der Waals surface area contributed by atoms with Crippen LogP contribution in [-0.2, 0) is 16.0 Å². The van der Waals surface area contributed by atoms with Crippen LogP contribution in [0.3, 0.4) is 0 Å². The molecule has 2 heterocycles. The minimum atomic E-state index is -0.901. The minimum Gasteiger partial charge on any atom is -0.481 e. The number of rotatable bonds is 7. The normalized spacial score (nSPS) is 13.8. The first-order chi connectivity index (χ1) is 13.6. The average Bonchev–Trinajstić information content (AvgIpc) is 3.28. The molecule has 4 rings (SSSR count). The average molecular weight is 378 g/mol. The van der Waals surface area contributed by atoms with Crippen molar-refractivity contribution in [2.75, 3.05) is 13.7 Å². The van der Waals surface area contributed by atoms with Crippen LogP contribution in [0.1, 0.15) is 22.7 Å². The fourth-order valence-electron chi connectivity index (χ4n) is 4.04. The van der Waals surface area contributed by atoms with Gasteiger partial charge < -0.3 is 24.9 Å². The Hall–Kier alpha value is -3.09. The van der Waals surface area contributed by atoms with Crippen LogP contribution < -0.4 is 0 Å².